The molecule has 0 atom stereocenters. The number of aromatic nitrogens is 4. The zero-order chi connectivity index (χ0) is 9.97. The minimum Gasteiger partial charge on any atom is -0.505 e. The Morgan fingerprint density at radius 3 is 2.57 bits per heavy atom. The minimum absolute atomic E-state index is 0.00304. The van der Waals surface area contributed by atoms with Gasteiger partial charge in [0, 0.05) is 6.20 Å². The lowest BCUT2D eigenvalue weighted by Crippen LogP contribution is -2.01. The van der Waals surface area contributed by atoms with Gasteiger partial charge in [-0.3, -0.25) is 0 Å². The van der Waals surface area contributed by atoms with E-state index in [4.69, 9.17) is 10.2 Å². The molecule has 0 radical (unpaired) electrons. The van der Waals surface area contributed by atoms with Crippen LogP contribution >= 0.6 is 0 Å². The van der Waals surface area contributed by atoms with Gasteiger partial charge in [-0.25, -0.2) is 14.6 Å². The van der Waals surface area contributed by atoms with Crippen molar-refractivity contribution in [3.63, 3.8) is 0 Å². The van der Waals surface area contributed by atoms with Crippen LogP contribution in [0.5, 0.6) is 5.75 Å². The summed E-state index contributed by atoms with van der Waals surface area (Å²) in [5, 5.41) is 21.7. The van der Waals surface area contributed by atoms with Gasteiger partial charge in [-0.05, 0) is 6.07 Å². The molecule has 2 N–H and O–H groups in total. The summed E-state index contributed by atoms with van der Waals surface area (Å²) in [5.74, 6) is 0.353. The molecule has 72 valence electrons. The largest absolute Gasteiger partial charge is 0.505 e. The summed E-state index contributed by atoms with van der Waals surface area (Å²) in [4.78, 5) is 7.71. The second-order valence-electron chi connectivity index (χ2n) is 2.65. The second kappa shape index (κ2) is 3.43. The van der Waals surface area contributed by atoms with Gasteiger partial charge in [0.15, 0.2) is 5.75 Å². The Hall–Kier alpha value is -1.95. The van der Waals surface area contributed by atoms with Crippen molar-refractivity contribution >= 4 is 0 Å². The number of hydrogen-bond acceptors (Lipinski definition) is 5. The van der Waals surface area contributed by atoms with E-state index in [2.05, 4.69) is 15.1 Å². The van der Waals surface area contributed by atoms with E-state index in [1.165, 1.54) is 17.1 Å². The van der Waals surface area contributed by atoms with Gasteiger partial charge in [0.1, 0.15) is 0 Å². The third-order valence-corrected chi connectivity index (χ3v) is 1.64. The predicted octanol–water partition coefficient (Wildman–Crippen LogP) is -0.140. The number of aliphatic hydroxyl groups is 1. The molecule has 0 bridgehead atoms. The van der Waals surface area contributed by atoms with E-state index in [1.807, 2.05) is 0 Å². The number of nitrogens with zero attached hydrogens (tertiary/aromatic N) is 4. The van der Waals surface area contributed by atoms with Crippen LogP contribution in [0.15, 0.2) is 24.7 Å². The third kappa shape index (κ3) is 1.55. The van der Waals surface area contributed by atoms with E-state index in [0.29, 0.717) is 11.6 Å². The SMILES string of the molecule is OCc1ccn(-c2ncc(O)cn2)n1. The molecule has 2 aromatic heterocycles. The maximum Gasteiger partial charge on any atom is 0.250 e. The number of rotatable bonds is 2. The third-order valence-electron chi connectivity index (χ3n) is 1.64. The minimum atomic E-state index is -0.120. The summed E-state index contributed by atoms with van der Waals surface area (Å²) in [6, 6.07) is 1.66. The molecule has 0 saturated carbocycles. The Labute approximate surface area is 79.5 Å². The van der Waals surface area contributed by atoms with Crippen molar-refractivity contribution < 1.29 is 10.2 Å². The highest BCUT2D eigenvalue weighted by Gasteiger charge is 2.02. The molecule has 6 heteroatoms. The fraction of sp³-hybridized carbons (Fsp3) is 0.125. The molecule has 2 rings (SSSR count). The van der Waals surface area contributed by atoms with Crippen molar-refractivity contribution in [3.8, 4) is 11.7 Å². The van der Waals surface area contributed by atoms with Crippen molar-refractivity contribution in [3.05, 3.63) is 30.4 Å². The van der Waals surface area contributed by atoms with Gasteiger partial charge in [-0.1, -0.05) is 0 Å². The van der Waals surface area contributed by atoms with Gasteiger partial charge in [-0.15, -0.1) is 0 Å². The molecule has 0 aliphatic heterocycles. The summed E-state index contributed by atoms with van der Waals surface area (Å²) in [6.45, 7) is -0.120. The average molecular weight is 192 g/mol. The van der Waals surface area contributed by atoms with E-state index in [-0.39, 0.29) is 12.4 Å². The topological polar surface area (TPSA) is 84.1 Å². The van der Waals surface area contributed by atoms with Crippen molar-refractivity contribution in [2.75, 3.05) is 0 Å². The zero-order valence-corrected chi connectivity index (χ0v) is 7.20. The van der Waals surface area contributed by atoms with Crippen molar-refractivity contribution in [1.82, 2.24) is 19.7 Å². The highest BCUT2D eigenvalue weighted by atomic mass is 16.3. The average Bonchev–Trinajstić information content (AvgIpc) is 2.67. The molecular weight excluding hydrogens is 184 g/mol. The first-order valence-corrected chi connectivity index (χ1v) is 3.96. The fourth-order valence-corrected chi connectivity index (χ4v) is 0.990. The van der Waals surface area contributed by atoms with Crippen LogP contribution in [0.25, 0.3) is 5.95 Å². The molecule has 0 unspecified atom stereocenters. The van der Waals surface area contributed by atoms with E-state index < -0.39 is 0 Å². The quantitative estimate of drug-likeness (QED) is 0.691. The van der Waals surface area contributed by atoms with E-state index in [0.717, 1.165) is 0 Å². The summed E-state index contributed by atoms with van der Waals surface area (Å²) in [7, 11) is 0. The molecule has 6 nitrogen and oxygen atoms in total. The molecule has 14 heavy (non-hydrogen) atoms. The van der Waals surface area contributed by atoms with E-state index >= 15 is 0 Å². The molecule has 2 aromatic rings. The molecule has 0 aliphatic carbocycles. The van der Waals surface area contributed by atoms with Gasteiger partial charge >= 0.3 is 0 Å². The van der Waals surface area contributed by atoms with Gasteiger partial charge in [0.05, 0.1) is 24.7 Å². The van der Waals surface area contributed by atoms with Crippen LogP contribution in [-0.4, -0.2) is 30.0 Å². The lowest BCUT2D eigenvalue weighted by Gasteiger charge is -1.97. The molecule has 0 amide bonds. The predicted molar refractivity (Wildman–Crippen MR) is 46.7 cm³/mol. The van der Waals surface area contributed by atoms with Crippen LogP contribution in [0, 0.1) is 0 Å². The van der Waals surface area contributed by atoms with Crippen LogP contribution < -0.4 is 0 Å². The first-order valence-electron chi connectivity index (χ1n) is 3.96. The molecule has 2 heterocycles. The maximum atomic E-state index is 8.96. The highest BCUT2D eigenvalue weighted by Crippen LogP contribution is 2.05. The van der Waals surface area contributed by atoms with Gasteiger partial charge in [-0.2, -0.15) is 5.10 Å². The molecule has 0 aliphatic rings. The Balaban J connectivity index is 2.34. The Morgan fingerprint density at radius 2 is 2.00 bits per heavy atom. The lowest BCUT2D eigenvalue weighted by molar-refractivity contribution is 0.276. The van der Waals surface area contributed by atoms with Crippen LogP contribution in [0.3, 0.4) is 0 Å². The fourth-order valence-electron chi connectivity index (χ4n) is 0.990. The Bertz CT molecular complexity index is 423. The Morgan fingerprint density at radius 1 is 1.29 bits per heavy atom. The van der Waals surface area contributed by atoms with E-state index in [1.54, 1.807) is 12.3 Å². The lowest BCUT2D eigenvalue weighted by atomic mass is 10.5. The number of aromatic hydroxyl groups is 1. The van der Waals surface area contributed by atoms with Crippen LogP contribution in [0.1, 0.15) is 5.69 Å². The van der Waals surface area contributed by atoms with E-state index in [9.17, 15) is 0 Å². The maximum absolute atomic E-state index is 8.96. The molecular formula is C8H8N4O2. The first-order chi connectivity index (χ1) is 6.79. The van der Waals surface area contributed by atoms with Crippen LogP contribution in [0.4, 0.5) is 0 Å². The monoisotopic (exact) mass is 192 g/mol. The Kier molecular flexibility index (Phi) is 2.11. The molecule has 0 aromatic carbocycles. The highest BCUT2D eigenvalue weighted by molar-refractivity contribution is 5.17. The van der Waals surface area contributed by atoms with Gasteiger partial charge < -0.3 is 10.2 Å². The summed E-state index contributed by atoms with van der Waals surface area (Å²) < 4.78 is 1.42. The second-order valence-corrected chi connectivity index (χ2v) is 2.65. The van der Waals surface area contributed by atoms with Gasteiger partial charge in [0.25, 0.3) is 5.95 Å². The molecule has 0 saturated heterocycles. The molecule has 0 fully saturated rings. The number of aliphatic hydroxyl groups excluding tert-OH is 1. The van der Waals surface area contributed by atoms with Crippen molar-refractivity contribution in [2.24, 2.45) is 0 Å². The number of hydrogen-bond donors (Lipinski definition) is 2. The smallest absolute Gasteiger partial charge is 0.250 e. The first kappa shape index (κ1) is 8.64. The summed E-state index contributed by atoms with van der Waals surface area (Å²) in [6.07, 6.45) is 4.20. The summed E-state index contributed by atoms with van der Waals surface area (Å²) in [5.41, 5.74) is 0.543. The van der Waals surface area contributed by atoms with Crippen LogP contribution in [-0.2, 0) is 6.61 Å². The van der Waals surface area contributed by atoms with Crippen molar-refractivity contribution in [1.29, 1.82) is 0 Å². The molecule has 0 spiro atoms. The standard InChI is InChI=1S/C8H8N4O2/c13-5-6-1-2-12(11-6)8-9-3-7(14)4-10-8/h1-4,13-14H,5H2. The van der Waals surface area contributed by atoms with Crippen molar-refractivity contribution in [2.45, 2.75) is 6.61 Å². The normalized spacial score (nSPS) is 10.4. The van der Waals surface area contributed by atoms with Gasteiger partial charge in [0.2, 0.25) is 0 Å². The van der Waals surface area contributed by atoms with Crippen LogP contribution in [0.2, 0.25) is 0 Å². The summed E-state index contributed by atoms with van der Waals surface area (Å²) >= 11 is 0. The zero-order valence-electron chi connectivity index (χ0n) is 7.20.